The summed E-state index contributed by atoms with van der Waals surface area (Å²) in [5.41, 5.74) is 0. The third-order valence-electron chi connectivity index (χ3n) is 1.44. The summed E-state index contributed by atoms with van der Waals surface area (Å²) in [7, 11) is 1.75. The van der Waals surface area contributed by atoms with E-state index in [9.17, 15) is 0 Å². The fourth-order valence-corrected chi connectivity index (χ4v) is 0.878. The summed E-state index contributed by atoms with van der Waals surface area (Å²) in [6, 6.07) is 0.0141. The van der Waals surface area contributed by atoms with Crippen LogP contribution in [0.5, 0.6) is 0 Å². The number of halogens is 1. The molecule has 10 heavy (non-hydrogen) atoms. The van der Waals surface area contributed by atoms with Crippen LogP contribution in [0.4, 0.5) is 0 Å². The van der Waals surface area contributed by atoms with Crippen LogP contribution in [0.25, 0.3) is 0 Å². The van der Waals surface area contributed by atoms with Crippen LogP contribution in [-0.4, -0.2) is 18.2 Å². The molecular formula is C5H9ClN2O2. The first-order chi connectivity index (χ1) is 4.66. The fraction of sp³-hybridized carbons (Fsp3) is 0.600. The van der Waals surface area contributed by atoms with Gasteiger partial charge in [-0.25, -0.2) is 0 Å². The van der Waals surface area contributed by atoms with Gasteiger partial charge in [0.2, 0.25) is 0 Å². The molecule has 0 fully saturated rings. The van der Waals surface area contributed by atoms with Crippen LogP contribution in [0.2, 0.25) is 0 Å². The molecular weight excluding hydrogens is 156 g/mol. The highest BCUT2D eigenvalue weighted by Gasteiger charge is 2.29. The molecule has 0 saturated heterocycles. The predicted molar refractivity (Wildman–Crippen MR) is 36.5 cm³/mol. The van der Waals surface area contributed by atoms with Gasteiger partial charge in [-0.2, -0.15) is 5.90 Å². The van der Waals surface area contributed by atoms with Crippen molar-refractivity contribution >= 4 is 11.6 Å². The molecule has 0 aromatic carbocycles. The molecule has 1 unspecified atom stereocenters. The smallest absolute Gasteiger partial charge is 0.334 e. The maximum atomic E-state index is 5.73. The number of nitrogens with two attached hydrogens (primary N) is 1. The van der Waals surface area contributed by atoms with Crippen molar-refractivity contribution in [1.82, 2.24) is 5.06 Å². The van der Waals surface area contributed by atoms with Crippen molar-refractivity contribution in [2.45, 2.75) is 13.0 Å². The molecule has 0 amide bonds. The zero-order chi connectivity index (χ0) is 7.72. The van der Waals surface area contributed by atoms with Crippen molar-refractivity contribution in [2.24, 2.45) is 5.90 Å². The molecule has 0 spiro atoms. The molecule has 0 saturated carbocycles. The summed E-state index contributed by atoms with van der Waals surface area (Å²) >= 11 is 5.73. The van der Waals surface area contributed by atoms with E-state index >= 15 is 0 Å². The first-order valence-electron chi connectivity index (χ1n) is 2.84. The maximum absolute atomic E-state index is 5.73. The van der Waals surface area contributed by atoms with E-state index in [0.717, 1.165) is 0 Å². The third-order valence-corrected chi connectivity index (χ3v) is 1.91. The van der Waals surface area contributed by atoms with Crippen molar-refractivity contribution in [3.8, 4) is 0 Å². The molecule has 1 rings (SSSR count). The van der Waals surface area contributed by atoms with Crippen LogP contribution in [-0.2, 0) is 9.68 Å². The zero-order valence-corrected chi connectivity index (χ0v) is 6.55. The molecule has 0 bridgehead atoms. The second kappa shape index (κ2) is 2.65. The molecule has 58 valence electrons. The van der Waals surface area contributed by atoms with E-state index in [1.54, 1.807) is 12.1 Å². The minimum atomic E-state index is 0.0141. The highest BCUT2D eigenvalue weighted by atomic mass is 35.5. The highest BCUT2D eigenvalue weighted by Crippen LogP contribution is 2.26. The molecule has 4 nitrogen and oxygen atoms in total. The largest absolute Gasteiger partial charge is 0.371 e. The van der Waals surface area contributed by atoms with E-state index in [1.807, 2.05) is 6.92 Å². The number of hydroxylamine groups is 2. The Hall–Kier alpha value is -0.450. The fourth-order valence-electron chi connectivity index (χ4n) is 0.661. The lowest BCUT2D eigenvalue weighted by Crippen LogP contribution is -2.22. The van der Waals surface area contributed by atoms with Gasteiger partial charge in [0, 0.05) is 7.05 Å². The summed E-state index contributed by atoms with van der Waals surface area (Å²) in [6.07, 6.45) is 0. The Morgan fingerprint density at radius 1 is 1.80 bits per heavy atom. The van der Waals surface area contributed by atoms with Crippen molar-refractivity contribution in [3.05, 3.63) is 11.0 Å². The Balaban J connectivity index is 2.73. The maximum Gasteiger partial charge on any atom is 0.334 e. The Labute approximate surface area is 64.0 Å². The minimum absolute atomic E-state index is 0.0141. The number of hydrogen-bond donors (Lipinski definition) is 1. The standard InChI is InChI=1S/C5H9ClN2O2/c1-3-4(6)5(9-7)10-8(3)2/h3H,7H2,1-2H3. The van der Waals surface area contributed by atoms with E-state index in [-0.39, 0.29) is 12.0 Å². The normalized spacial score (nSPS) is 27.0. The van der Waals surface area contributed by atoms with Gasteiger partial charge in [0.1, 0.15) is 5.03 Å². The van der Waals surface area contributed by atoms with Gasteiger partial charge >= 0.3 is 5.95 Å². The van der Waals surface area contributed by atoms with Crippen LogP contribution in [0.15, 0.2) is 11.0 Å². The van der Waals surface area contributed by atoms with E-state index in [1.165, 1.54) is 0 Å². The molecule has 1 aliphatic heterocycles. The van der Waals surface area contributed by atoms with Gasteiger partial charge in [-0.15, -0.1) is 5.06 Å². The van der Waals surface area contributed by atoms with Crippen LogP contribution in [0.3, 0.4) is 0 Å². The van der Waals surface area contributed by atoms with Gasteiger partial charge in [0.15, 0.2) is 0 Å². The lowest BCUT2D eigenvalue weighted by molar-refractivity contribution is -0.139. The molecule has 0 aromatic rings. The lowest BCUT2D eigenvalue weighted by Gasteiger charge is -2.12. The van der Waals surface area contributed by atoms with Crippen LogP contribution < -0.4 is 5.90 Å². The van der Waals surface area contributed by atoms with Crippen molar-refractivity contribution < 1.29 is 9.68 Å². The summed E-state index contributed by atoms with van der Waals surface area (Å²) in [6.45, 7) is 1.88. The molecule has 0 aliphatic carbocycles. The summed E-state index contributed by atoms with van der Waals surface area (Å²) in [4.78, 5) is 9.32. The molecule has 5 heteroatoms. The Bertz CT molecular complexity index is 171. The first-order valence-corrected chi connectivity index (χ1v) is 3.21. The van der Waals surface area contributed by atoms with Crippen LogP contribution in [0, 0.1) is 0 Å². The summed E-state index contributed by atoms with van der Waals surface area (Å²) in [5.74, 6) is 5.03. The van der Waals surface area contributed by atoms with Gasteiger partial charge in [-0.05, 0) is 6.92 Å². The Morgan fingerprint density at radius 3 is 2.60 bits per heavy atom. The Morgan fingerprint density at radius 2 is 2.40 bits per heavy atom. The molecule has 1 atom stereocenters. The number of hydrogen-bond acceptors (Lipinski definition) is 4. The van der Waals surface area contributed by atoms with E-state index < -0.39 is 0 Å². The molecule has 2 N–H and O–H groups in total. The molecule has 1 heterocycles. The van der Waals surface area contributed by atoms with Crippen molar-refractivity contribution in [1.29, 1.82) is 0 Å². The van der Waals surface area contributed by atoms with E-state index in [4.69, 9.17) is 22.3 Å². The first kappa shape index (κ1) is 7.65. The number of rotatable bonds is 1. The van der Waals surface area contributed by atoms with Gasteiger partial charge < -0.3 is 9.68 Å². The zero-order valence-electron chi connectivity index (χ0n) is 5.80. The van der Waals surface area contributed by atoms with Gasteiger partial charge in [-0.1, -0.05) is 11.6 Å². The molecule has 1 aliphatic rings. The third kappa shape index (κ3) is 1.05. The lowest BCUT2D eigenvalue weighted by atomic mass is 10.3. The van der Waals surface area contributed by atoms with Crippen molar-refractivity contribution in [2.75, 3.05) is 7.05 Å². The second-order valence-corrected chi connectivity index (χ2v) is 2.47. The van der Waals surface area contributed by atoms with E-state index in [2.05, 4.69) is 4.84 Å². The summed E-state index contributed by atoms with van der Waals surface area (Å²) in [5, 5.41) is 2.05. The van der Waals surface area contributed by atoms with Gasteiger partial charge in [0.25, 0.3) is 0 Å². The Kier molecular flexibility index (Phi) is 2.03. The highest BCUT2D eigenvalue weighted by molar-refractivity contribution is 6.30. The van der Waals surface area contributed by atoms with Crippen LogP contribution >= 0.6 is 11.6 Å². The van der Waals surface area contributed by atoms with Gasteiger partial charge in [0.05, 0.1) is 6.04 Å². The minimum Gasteiger partial charge on any atom is -0.371 e. The van der Waals surface area contributed by atoms with Crippen molar-refractivity contribution in [3.63, 3.8) is 0 Å². The number of likely N-dealkylation sites (N-methyl/N-ethyl adjacent to an activating group) is 1. The second-order valence-electron chi connectivity index (χ2n) is 2.07. The molecule has 0 radical (unpaired) electrons. The van der Waals surface area contributed by atoms with E-state index in [0.29, 0.717) is 5.03 Å². The van der Waals surface area contributed by atoms with Crippen LogP contribution in [0.1, 0.15) is 6.92 Å². The topological polar surface area (TPSA) is 47.7 Å². The molecule has 0 aromatic heterocycles. The predicted octanol–water partition coefficient (Wildman–Crippen LogP) is 0.550. The monoisotopic (exact) mass is 164 g/mol. The number of nitrogens with zero attached hydrogens (tertiary/aromatic N) is 1. The average Bonchev–Trinajstić information content (AvgIpc) is 2.17. The SMILES string of the molecule is CC1C(Cl)=C(ON)ON1C. The summed E-state index contributed by atoms with van der Waals surface area (Å²) < 4.78 is 0. The van der Waals surface area contributed by atoms with Gasteiger partial charge in [-0.3, -0.25) is 0 Å². The quantitative estimate of drug-likeness (QED) is 0.575. The average molecular weight is 165 g/mol.